The second-order valence-electron chi connectivity index (χ2n) is 9.36. The van der Waals surface area contributed by atoms with Crippen LogP contribution in [0, 0.1) is 6.92 Å². The molecule has 0 atom stereocenters. The van der Waals surface area contributed by atoms with Gasteiger partial charge in [0.15, 0.2) is 0 Å². The normalized spacial score (nSPS) is 12.1. The topological polar surface area (TPSA) is 21.7 Å². The monoisotopic (exact) mass is 447 g/mol. The first-order valence-corrected chi connectivity index (χ1v) is 12.0. The Bertz CT molecular complexity index is 2180. The third-order valence-electron chi connectivity index (χ3n) is 7.31. The summed E-state index contributed by atoms with van der Waals surface area (Å²) in [6.45, 7) is 2.19. The Morgan fingerprint density at radius 1 is 0.486 bits per heavy atom. The molecule has 0 saturated heterocycles. The van der Waals surface area contributed by atoms with Gasteiger partial charge in [-0.05, 0) is 64.4 Å². The van der Waals surface area contributed by atoms with Gasteiger partial charge >= 0.3 is 0 Å². The summed E-state index contributed by atoms with van der Waals surface area (Å²) >= 11 is 0. The predicted molar refractivity (Wildman–Crippen MR) is 147 cm³/mol. The number of rotatable bonds is 0. The van der Waals surface area contributed by atoms with Crippen molar-refractivity contribution < 1.29 is 0 Å². The molecule has 0 spiro atoms. The molecule has 0 N–H and O–H groups in total. The zero-order valence-corrected chi connectivity index (χ0v) is 19.2. The Kier molecular flexibility index (Phi) is 3.59. The molecule has 0 saturated carbocycles. The van der Waals surface area contributed by atoms with E-state index >= 15 is 0 Å². The number of fused-ring (bicyclic) bond motifs is 12. The summed E-state index contributed by atoms with van der Waals surface area (Å²) in [6.07, 6.45) is 0. The van der Waals surface area contributed by atoms with Crippen molar-refractivity contribution in [2.24, 2.45) is 0 Å². The fourth-order valence-electron chi connectivity index (χ4n) is 5.90. The van der Waals surface area contributed by atoms with E-state index in [9.17, 15) is 0 Å². The fraction of sp³-hybridized carbons (Fsp3) is 0.0312. The SMILES string of the molecule is Cc1cc2c3ccccc3c3ccccc3c3ccccc3n3c2c(c1)n1c2ccccc2nc13. The lowest BCUT2D eigenvalue weighted by atomic mass is 10.0. The van der Waals surface area contributed by atoms with E-state index in [1.807, 2.05) is 0 Å². The Hall–Kier alpha value is -4.63. The molecular weight excluding hydrogens is 426 g/mol. The van der Waals surface area contributed by atoms with Crippen LogP contribution in [0.1, 0.15) is 5.56 Å². The third kappa shape index (κ3) is 2.42. The van der Waals surface area contributed by atoms with E-state index in [2.05, 4.69) is 125 Å². The van der Waals surface area contributed by atoms with Crippen molar-refractivity contribution in [3.05, 3.63) is 115 Å². The van der Waals surface area contributed by atoms with E-state index in [0.29, 0.717) is 0 Å². The van der Waals surface area contributed by atoms with Gasteiger partial charge in [0.1, 0.15) is 0 Å². The molecule has 8 aromatic rings. The number of imidazole rings is 2. The molecule has 5 aromatic carbocycles. The number of aryl methyl sites for hydroxylation is 1. The van der Waals surface area contributed by atoms with E-state index < -0.39 is 0 Å². The van der Waals surface area contributed by atoms with Crippen LogP contribution in [0.5, 0.6) is 0 Å². The number of aromatic nitrogens is 3. The van der Waals surface area contributed by atoms with Gasteiger partial charge in [-0.3, -0.25) is 8.80 Å². The van der Waals surface area contributed by atoms with Gasteiger partial charge < -0.3 is 0 Å². The molecule has 0 aliphatic carbocycles. The summed E-state index contributed by atoms with van der Waals surface area (Å²) in [5, 5.41) is 7.42. The lowest BCUT2D eigenvalue weighted by Gasteiger charge is -2.04. The summed E-state index contributed by atoms with van der Waals surface area (Å²) in [5.74, 6) is 0.942. The average molecular weight is 448 g/mol. The van der Waals surface area contributed by atoms with E-state index in [0.717, 1.165) is 22.3 Å². The van der Waals surface area contributed by atoms with E-state index in [4.69, 9.17) is 4.98 Å². The van der Waals surface area contributed by atoms with Gasteiger partial charge in [-0.1, -0.05) is 78.9 Å². The highest BCUT2D eigenvalue weighted by Crippen LogP contribution is 2.37. The standard InChI is InChI=1S/C32H21N3/c1-20-18-26-24-13-5-3-11-22(24)21-10-2-4-12-23(21)25-14-6-8-16-28(25)35-31(26)30(19-20)34-29-17-9-7-15-27(29)33-32(34)35/h2-19H,1H3. The summed E-state index contributed by atoms with van der Waals surface area (Å²) in [4.78, 5) is 5.17. The minimum atomic E-state index is 0.942. The third-order valence-corrected chi connectivity index (χ3v) is 7.31. The zero-order valence-electron chi connectivity index (χ0n) is 19.2. The summed E-state index contributed by atoms with van der Waals surface area (Å²) < 4.78 is 4.70. The summed E-state index contributed by atoms with van der Waals surface area (Å²) in [6, 6.07) is 39.4. The highest BCUT2D eigenvalue weighted by atomic mass is 15.2. The van der Waals surface area contributed by atoms with Gasteiger partial charge in [0.2, 0.25) is 5.78 Å². The van der Waals surface area contributed by atoms with Crippen LogP contribution >= 0.6 is 0 Å². The van der Waals surface area contributed by atoms with Crippen molar-refractivity contribution in [3.63, 3.8) is 0 Å². The maximum Gasteiger partial charge on any atom is 0.220 e. The van der Waals surface area contributed by atoms with E-state index in [1.54, 1.807) is 0 Å². The largest absolute Gasteiger partial charge is 0.277 e. The van der Waals surface area contributed by atoms with Crippen LogP contribution in [0.25, 0.3) is 65.7 Å². The maximum absolute atomic E-state index is 5.17. The van der Waals surface area contributed by atoms with Crippen LogP contribution in [0.2, 0.25) is 0 Å². The molecule has 0 fully saturated rings. The number of nitrogens with zero attached hydrogens (tertiary/aromatic N) is 3. The van der Waals surface area contributed by atoms with Gasteiger partial charge in [-0.2, -0.15) is 0 Å². The van der Waals surface area contributed by atoms with E-state index in [1.165, 1.54) is 48.9 Å². The van der Waals surface area contributed by atoms with Gasteiger partial charge in [-0.25, -0.2) is 4.98 Å². The smallest absolute Gasteiger partial charge is 0.220 e. The van der Waals surface area contributed by atoms with Crippen molar-refractivity contribution in [1.82, 2.24) is 13.8 Å². The Morgan fingerprint density at radius 3 is 1.74 bits per heavy atom. The number of para-hydroxylation sites is 3. The number of hydrogen-bond donors (Lipinski definition) is 0. The predicted octanol–water partition coefficient (Wildman–Crippen LogP) is 8.22. The first-order valence-electron chi connectivity index (χ1n) is 12.0. The maximum atomic E-state index is 5.17. The van der Waals surface area contributed by atoms with Crippen LogP contribution in [0.15, 0.2) is 109 Å². The molecular formula is C32H21N3. The zero-order chi connectivity index (χ0) is 23.1. The summed E-state index contributed by atoms with van der Waals surface area (Å²) in [7, 11) is 0. The van der Waals surface area contributed by atoms with Gasteiger partial charge in [0, 0.05) is 10.8 Å². The van der Waals surface area contributed by atoms with Crippen molar-refractivity contribution in [1.29, 1.82) is 0 Å². The first-order chi connectivity index (χ1) is 17.3. The molecule has 3 aromatic heterocycles. The molecule has 0 amide bonds. The molecule has 3 heteroatoms. The average Bonchev–Trinajstić information content (AvgIpc) is 3.43. The van der Waals surface area contributed by atoms with E-state index in [-0.39, 0.29) is 0 Å². The van der Waals surface area contributed by atoms with Crippen molar-refractivity contribution in [3.8, 4) is 0 Å². The molecule has 0 aliphatic heterocycles. The second kappa shape index (κ2) is 6.71. The molecule has 164 valence electrons. The van der Waals surface area contributed by atoms with Crippen molar-refractivity contribution in [2.75, 3.05) is 0 Å². The molecule has 0 radical (unpaired) electrons. The minimum absolute atomic E-state index is 0.942. The first kappa shape index (κ1) is 18.8. The molecule has 8 rings (SSSR count). The molecule has 0 bridgehead atoms. The van der Waals surface area contributed by atoms with Crippen LogP contribution in [-0.2, 0) is 0 Å². The van der Waals surface area contributed by atoms with Crippen LogP contribution in [-0.4, -0.2) is 13.8 Å². The Morgan fingerprint density at radius 2 is 1.03 bits per heavy atom. The van der Waals surface area contributed by atoms with Crippen LogP contribution in [0.3, 0.4) is 0 Å². The Balaban J connectivity index is 1.89. The van der Waals surface area contributed by atoms with Crippen molar-refractivity contribution >= 4 is 65.7 Å². The molecule has 35 heavy (non-hydrogen) atoms. The highest BCUT2D eigenvalue weighted by Gasteiger charge is 2.18. The van der Waals surface area contributed by atoms with Gasteiger partial charge in [0.05, 0.1) is 27.6 Å². The fourth-order valence-corrected chi connectivity index (χ4v) is 5.90. The quantitative estimate of drug-likeness (QED) is 0.229. The van der Waals surface area contributed by atoms with Gasteiger partial charge in [-0.15, -0.1) is 0 Å². The second-order valence-corrected chi connectivity index (χ2v) is 9.36. The molecule has 3 heterocycles. The van der Waals surface area contributed by atoms with Crippen LogP contribution in [0.4, 0.5) is 0 Å². The van der Waals surface area contributed by atoms with Gasteiger partial charge in [0.25, 0.3) is 0 Å². The lowest BCUT2D eigenvalue weighted by molar-refractivity contribution is 1.21. The van der Waals surface area contributed by atoms with Crippen LogP contribution < -0.4 is 0 Å². The highest BCUT2D eigenvalue weighted by molar-refractivity contribution is 6.21. The lowest BCUT2D eigenvalue weighted by Crippen LogP contribution is -1.88. The molecule has 0 aliphatic rings. The minimum Gasteiger partial charge on any atom is -0.277 e. The molecule has 3 nitrogen and oxygen atoms in total. The molecule has 0 unspecified atom stereocenters. The Labute approximate surface area is 201 Å². The van der Waals surface area contributed by atoms with Crippen molar-refractivity contribution in [2.45, 2.75) is 6.92 Å². The number of benzene rings is 5. The summed E-state index contributed by atoms with van der Waals surface area (Å²) in [5.41, 5.74) is 6.89. The number of hydrogen-bond acceptors (Lipinski definition) is 1.